The van der Waals surface area contributed by atoms with E-state index in [1.807, 2.05) is 0 Å². The maximum atomic E-state index is 12.4. The molecule has 1 amide bonds. The summed E-state index contributed by atoms with van der Waals surface area (Å²) in [5.74, 6) is -1.45. The Kier molecular flexibility index (Phi) is 5.75. The Hall–Kier alpha value is -2.05. The Morgan fingerprint density at radius 3 is 2.24 bits per heavy atom. The molecule has 21 heavy (non-hydrogen) atoms. The summed E-state index contributed by atoms with van der Waals surface area (Å²) in [5.41, 5.74) is -0.0570. The number of rotatable bonds is 6. The number of carbonyl (C=O) groups is 2. The lowest BCUT2D eigenvalue weighted by Gasteiger charge is -2.14. The van der Waals surface area contributed by atoms with E-state index in [1.165, 1.54) is 12.1 Å². The summed E-state index contributed by atoms with van der Waals surface area (Å²) in [6, 6.07) is 4.43. The smallest absolute Gasteiger partial charge is 0.416 e. The molecule has 116 valence electrons. The summed E-state index contributed by atoms with van der Waals surface area (Å²) in [6.07, 6.45) is -4.36. The lowest BCUT2D eigenvalue weighted by Crippen LogP contribution is -2.34. The van der Waals surface area contributed by atoms with E-state index >= 15 is 0 Å². The highest BCUT2D eigenvalue weighted by molar-refractivity contribution is 5.80. The Morgan fingerprint density at radius 2 is 1.76 bits per heavy atom. The number of hydrogen-bond acceptors (Lipinski definition) is 2. The van der Waals surface area contributed by atoms with Gasteiger partial charge >= 0.3 is 12.1 Å². The zero-order valence-electron chi connectivity index (χ0n) is 11.4. The normalized spacial score (nSPS) is 12.8. The van der Waals surface area contributed by atoms with E-state index in [4.69, 9.17) is 5.11 Å². The Labute approximate surface area is 120 Å². The quantitative estimate of drug-likeness (QED) is 0.849. The first-order valence-corrected chi connectivity index (χ1v) is 6.36. The first-order chi connectivity index (χ1) is 9.68. The van der Waals surface area contributed by atoms with E-state index in [1.54, 1.807) is 6.92 Å². The molecule has 7 heteroatoms. The van der Waals surface area contributed by atoms with E-state index in [2.05, 4.69) is 5.32 Å². The molecular weight excluding hydrogens is 287 g/mol. The Bertz CT molecular complexity index is 497. The lowest BCUT2D eigenvalue weighted by atomic mass is 10.0. The van der Waals surface area contributed by atoms with Gasteiger partial charge in [-0.25, -0.2) is 0 Å². The molecule has 0 radical (unpaired) electrons. The highest BCUT2D eigenvalue weighted by atomic mass is 19.4. The van der Waals surface area contributed by atoms with E-state index in [-0.39, 0.29) is 18.9 Å². The van der Waals surface area contributed by atoms with Crippen molar-refractivity contribution in [1.82, 2.24) is 5.32 Å². The minimum Gasteiger partial charge on any atom is -0.481 e. The zero-order valence-corrected chi connectivity index (χ0v) is 11.4. The SMILES string of the molecule is CC(Cc1ccc(C(F)(F)F)cc1)NC(=O)CCC(=O)O. The molecule has 0 aliphatic carbocycles. The van der Waals surface area contributed by atoms with Crippen LogP contribution in [0.5, 0.6) is 0 Å². The summed E-state index contributed by atoms with van der Waals surface area (Å²) >= 11 is 0. The van der Waals surface area contributed by atoms with Crippen LogP contribution < -0.4 is 5.32 Å². The molecule has 0 aliphatic heterocycles. The van der Waals surface area contributed by atoms with E-state index in [0.29, 0.717) is 12.0 Å². The van der Waals surface area contributed by atoms with Gasteiger partial charge in [-0.05, 0) is 31.0 Å². The molecule has 0 saturated heterocycles. The van der Waals surface area contributed by atoms with Gasteiger partial charge in [0.05, 0.1) is 12.0 Å². The first-order valence-electron chi connectivity index (χ1n) is 6.36. The summed E-state index contributed by atoms with van der Waals surface area (Å²) in [6.45, 7) is 1.70. The highest BCUT2D eigenvalue weighted by Gasteiger charge is 2.29. The molecule has 0 aromatic heterocycles. The molecule has 2 N–H and O–H groups in total. The van der Waals surface area contributed by atoms with Crippen LogP contribution >= 0.6 is 0 Å². The highest BCUT2D eigenvalue weighted by Crippen LogP contribution is 2.29. The molecule has 0 aliphatic rings. The minimum atomic E-state index is -4.37. The molecule has 0 fully saturated rings. The van der Waals surface area contributed by atoms with Crippen LogP contribution in [0.3, 0.4) is 0 Å². The second-order valence-electron chi connectivity index (χ2n) is 4.76. The first kappa shape index (κ1) is 17.0. The van der Waals surface area contributed by atoms with Gasteiger partial charge in [0.15, 0.2) is 0 Å². The van der Waals surface area contributed by atoms with Crippen molar-refractivity contribution in [1.29, 1.82) is 0 Å². The number of carboxylic acid groups (broad SMARTS) is 1. The summed E-state index contributed by atoms with van der Waals surface area (Å²) in [5, 5.41) is 11.1. The van der Waals surface area contributed by atoms with Gasteiger partial charge in [0.1, 0.15) is 0 Å². The van der Waals surface area contributed by atoms with E-state index < -0.39 is 23.6 Å². The second kappa shape index (κ2) is 7.10. The third-order valence-corrected chi connectivity index (χ3v) is 2.80. The molecule has 4 nitrogen and oxygen atoms in total. The number of amides is 1. The number of aliphatic carboxylic acids is 1. The number of benzene rings is 1. The maximum absolute atomic E-state index is 12.4. The third-order valence-electron chi connectivity index (χ3n) is 2.80. The van der Waals surface area contributed by atoms with Crippen molar-refractivity contribution in [3.63, 3.8) is 0 Å². The number of carboxylic acids is 1. The topological polar surface area (TPSA) is 66.4 Å². The number of alkyl halides is 3. The standard InChI is InChI=1S/C14H16F3NO3/c1-9(18-12(19)6-7-13(20)21)8-10-2-4-11(5-3-10)14(15,16)17/h2-5,9H,6-8H2,1H3,(H,18,19)(H,20,21). The van der Waals surface area contributed by atoms with E-state index in [9.17, 15) is 22.8 Å². The van der Waals surface area contributed by atoms with Gasteiger partial charge in [-0.1, -0.05) is 12.1 Å². The minimum absolute atomic E-state index is 0.118. The molecule has 0 bridgehead atoms. The number of halogens is 3. The summed E-state index contributed by atoms with van der Waals surface area (Å²) < 4.78 is 37.2. The predicted octanol–water partition coefficient (Wildman–Crippen LogP) is 2.62. The average Bonchev–Trinajstić information content (AvgIpc) is 2.35. The lowest BCUT2D eigenvalue weighted by molar-refractivity contribution is -0.139. The van der Waals surface area contributed by atoms with Crippen LogP contribution in [-0.2, 0) is 22.2 Å². The number of nitrogens with one attached hydrogen (secondary N) is 1. The fourth-order valence-electron chi connectivity index (χ4n) is 1.80. The monoisotopic (exact) mass is 303 g/mol. The largest absolute Gasteiger partial charge is 0.481 e. The fourth-order valence-corrected chi connectivity index (χ4v) is 1.80. The van der Waals surface area contributed by atoms with E-state index in [0.717, 1.165) is 12.1 Å². The van der Waals surface area contributed by atoms with Gasteiger partial charge in [0, 0.05) is 12.5 Å². The van der Waals surface area contributed by atoms with Crippen LogP contribution in [0.2, 0.25) is 0 Å². The van der Waals surface area contributed by atoms with Gasteiger partial charge in [-0.3, -0.25) is 9.59 Å². The van der Waals surface area contributed by atoms with Crippen molar-refractivity contribution in [2.24, 2.45) is 0 Å². The Balaban J connectivity index is 2.49. The zero-order chi connectivity index (χ0) is 16.0. The average molecular weight is 303 g/mol. The van der Waals surface area contributed by atoms with Gasteiger partial charge < -0.3 is 10.4 Å². The van der Waals surface area contributed by atoms with Crippen molar-refractivity contribution >= 4 is 11.9 Å². The van der Waals surface area contributed by atoms with Crippen LogP contribution in [0.4, 0.5) is 13.2 Å². The molecular formula is C14H16F3NO3. The van der Waals surface area contributed by atoms with Gasteiger partial charge in [0.25, 0.3) is 0 Å². The van der Waals surface area contributed by atoms with Crippen molar-refractivity contribution in [2.45, 2.75) is 38.4 Å². The van der Waals surface area contributed by atoms with Crippen LogP contribution in [0, 0.1) is 0 Å². The molecule has 0 heterocycles. The van der Waals surface area contributed by atoms with Gasteiger partial charge in [0.2, 0.25) is 5.91 Å². The third kappa shape index (κ3) is 6.29. The molecule has 1 aromatic rings. The van der Waals surface area contributed by atoms with Crippen molar-refractivity contribution in [2.75, 3.05) is 0 Å². The summed E-state index contributed by atoms with van der Waals surface area (Å²) in [7, 11) is 0. The maximum Gasteiger partial charge on any atom is 0.416 e. The fraction of sp³-hybridized carbons (Fsp3) is 0.429. The molecule has 0 saturated carbocycles. The van der Waals surface area contributed by atoms with Crippen molar-refractivity contribution in [3.05, 3.63) is 35.4 Å². The molecule has 0 spiro atoms. The van der Waals surface area contributed by atoms with Gasteiger partial charge in [-0.15, -0.1) is 0 Å². The molecule has 1 aromatic carbocycles. The van der Waals surface area contributed by atoms with Crippen LogP contribution in [0.15, 0.2) is 24.3 Å². The second-order valence-corrected chi connectivity index (χ2v) is 4.76. The van der Waals surface area contributed by atoms with Crippen LogP contribution in [-0.4, -0.2) is 23.0 Å². The van der Waals surface area contributed by atoms with Crippen LogP contribution in [0.1, 0.15) is 30.9 Å². The summed E-state index contributed by atoms with van der Waals surface area (Å²) in [4.78, 5) is 21.7. The number of hydrogen-bond donors (Lipinski definition) is 2. The molecule has 1 unspecified atom stereocenters. The van der Waals surface area contributed by atoms with Crippen LogP contribution in [0.25, 0.3) is 0 Å². The van der Waals surface area contributed by atoms with Gasteiger partial charge in [-0.2, -0.15) is 13.2 Å². The van der Waals surface area contributed by atoms with Crippen molar-refractivity contribution in [3.8, 4) is 0 Å². The number of carbonyl (C=O) groups excluding carboxylic acids is 1. The molecule has 1 atom stereocenters. The predicted molar refractivity (Wildman–Crippen MR) is 69.6 cm³/mol. The van der Waals surface area contributed by atoms with Crippen molar-refractivity contribution < 1.29 is 27.9 Å². The molecule has 1 rings (SSSR count). The Morgan fingerprint density at radius 1 is 1.19 bits per heavy atom.